The Morgan fingerprint density at radius 3 is 1.25 bits per heavy atom. The molecule has 7 rings (SSSR count). The summed E-state index contributed by atoms with van der Waals surface area (Å²) in [6.45, 7) is 4.24. The number of methoxy groups -OCH3 is 2. The first-order valence-electron chi connectivity index (χ1n) is 31.5. The number of H-pyrrole nitrogens is 2. The molecule has 1 amide bonds. The first-order valence-corrected chi connectivity index (χ1v) is 40.1. The van der Waals surface area contributed by atoms with E-state index in [1.54, 1.807) is 7.11 Å². The van der Waals surface area contributed by atoms with Gasteiger partial charge in [-0.05, 0) is 0 Å². The maximum absolute atomic E-state index is 13.1. The van der Waals surface area contributed by atoms with E-state index in [1.165, 1.54) is 7.11 Å². The van der Waals surface area contributed by atoms with Crippen molar-refractivity contribution in [3.05, 3.63) is 66.2 Å². The average molecular weight is 1640 g/mol. The third-order valence-corrected chi connectivity index (χ3v) is 22.0. The van der Waals surface area contributed by atoms with E-state index in [1.807, 2.05) is 19.1 Å². The van der Waals surface area contributed by atoms with Crippen molar-refractivity contribution in [2.24, 2.45) is 11.5 Å². The molecule has 2 aromatic rings. The van der Waals surface area contributed by atoms with Gasteiger partial charge in [-0.2, -0.15) is 0 Å². The number of aromatic nitrogens is 4. The van der Waals surface area contributed by atoms with Gasteiger partial charge in [-0.15, -0.1) is 0 Å². The summed E-state index contributed by atoms with van der Waals surface area (Å²) in [6, 6.07) is 2.00. The van der Waals surface area contributed by atoms with E-state index in [4.69, 9.17) is 101 Å². The number of carbonyl (C=O) groups is 2. The normalized spacial score (nSPS) is 33.6. The van der Waals surface area contributed by atoms with Crippen molar-refractivity contribution in [2.75, 3.05) is 113 Å². The number of aliphatic hydroxyl groups is 14. The van der Waals surface area contributed by atoms with Gasteiger partial charge in [-0.3, -0.25) is 65.6 Å². The molecule has 22 N–H and O–H groups in total. The number of amides is 1. The van der Waals surface area contributed by atoms with Crippen molar-refractivity contribution in [3.63, 3.8) is 0 Å². The van der Waals surface area contributed by atoms with E-state index in [2.05, 4.69) is 10.1 Å². The molecule has 0 radical (unpaired) electrons. The predicted molar refractivity (Wildman–Crippen MR) is 357 cm³/mol. The van der Waals surface area contributed by atoms with E-state index in [-0.39, 0.29) is 52.3 Å². The number of rotatable bonds is 32. The van der Waals surface area contributed by atoms with Crippen LogP contribution in [0.4, 0.5) is 0 Å². The molecule has 5 saturated heterocycles. The van der Waals surface area contributed by atoms with E-state index in [0.29, 0.717) is 26.7 Å². The summed E-state index contributed by atoms with van der Waals surface area (Å²) < 4.78 is 138. The Hall–Kier alpha value is -3.73. The van der Waals surface area contributed by atoms with Crippen LogP contribution in [0.3, 0.4) is 0 Å². The van der Waals surface area contributed by atoms with Gasteiger partial charge < -0.3 is 145 Å². The van der Waals surface area contributed by atoms with Gasteiger partial charge in [0.05, 0.1) is 59.3 Å². The monoisotopic (exact) mass is 1640 g/mol. The van der Waals surface area contributed by atoms with Crippen LogP contribution in [0, 0.1) is 0 Å². The van der Waals surface area contributed by atoms with Crippen LogP contribution in [0.5, 0.6) is 0 Å². The molecule has 16 unspecified atom stereocenters. The van der Waals surface area contributed by atoms with Crippen molar-refractivity contribution in [1.82, 2.24) is 24.4 Å². The zero-order valence-corrected chi connectivity index (χ0v) is 62.3. The minimum absolute atomic E-state index is 0.0258. The molecule has 5 aliphatic rings. The second-order valence-electron chi connectivity index (χ2n) is 23.3. The third kappa shape index (κ3) is 30.7. The Morgan fingerprint density at radius 1 is 0.509 bits per heavy atom. The van der Waals surface area contributed by atoms with Crippen LogP contribution >= 0.6 is 39.5 Å². The Bertz CT molecular complexity index is 3450. The van der Waals surface area contributed by atoms with Gasteiger partial charge in [0.25, 0.3) is 11.1 Å². The van der Waals surface area contributed by atoms with Crippen molar-refractivity contribution >= 4 is 58.2 Å². The van der Waals surface area contributed by atoms with Crippen LogP contribution in [-0.4, -0.2) is 357 Å². The van der Waals surface area contributed by atoms with Gasteiger partial charge in [0, 0.05) is 91.5 Å². The van der Waals surface area contributed by atoms with E-state index >= 15 is 0 Å². The number of aliphatic carboxylic acids is 1. The summed E-state index contributed by atoms with van der Waals surface area (Å²) in [5, 5.41) is 149. The Morgan fingerprint density at radius 2 is 0.868 bits per heavy atom. The molecule has 0 spiro atoms. The zero-order valence-electron chi connectivity index (χ0n) is 57.6. The molecule has 5 aliphatic heterocycles. The molecule has 5 fully saturated rings. The summed E-state index contributed by atoms with van der Waals surface area (Å²) in [4.78, 5) is 72.5. The van der Waals surface area contributed by atoms with Crippen molar-refractivity contribution in [2.45, 2.75) is 154 Å². The summed E-state index contributed by atoms with van der Waals surface area (Å²) in [5.74, 6) is -1.31. The molecule has 106 heavy (non-hydrogen) atoms. The van der Waals surface area contributed by atoms with Crippen molar-refractivity contribution < 1.29 is 178 Å². The number of hydrogen-bond acceptors (Lipinski definition) is 42. The maximum atomic E-state index is 13.1. The quantitative estimate of drug-likeness (QED) is 0.0184. The summed E-state index contributed by atoms with van der Waals surface area (Å²) in [7, 11) is -12.3. The Kier molecular flexibility index (Phi) is 41.6. The van der Waals surface area contributed by atoms with E-state index < -0.39 is 219 Å². The second kappa shape index (κ2) is 45.7. The Balaban J connectivity index is 0.000000420. The fourth-order valence-electron chi connectivity index (χ4n) is 9.48. The third-order valence-electron chi connectivity index (χ3n) is 14.8. The van der Waals surface area contributed by atoms with Crippen molar-refractivity contribution in [1.29, 1.82) is 0 Å². The number of hydrogen-bond donors (Lipinski definition) is 20. The standard InChI is InChI=1S/C23H39N3O17P2.C17H29N3O14P2.C6H13NO5.C6H12O4.BH2OP/c1-37-8-9-38-7-5-14(27)24-10-12-16(29)18(31)20(33)22(41-12)42-45(3,36)43-44(2,35)39-11-13-17(30)19(32)21(40-13)26-6-4-15(28)25-23(26)34;1-35(28,34-36(2,29)33-16-14(26)12(24)10(22)7(5-18)32-16)30-6-8-11(23)13(25)15(31-8)20-4-3-9(21)19-17(20)27;7-1-2-3(8)4(9)5(10)6(11)12-2;1-9-4-5-10-3-2-6(7)8;2-1-3/h4,6,12-13,16-22,29-33H,5,7-11H2,1-3H3,(H,24,27)(H,25,28,34);3-4,7-8,10-16,22-26H,5-6,18H2,1-2H3,(H,19,21,27);2-6,8-11H,1,7H2;2-5H2,1H3,(H,7,8);3H2/t12?,13?,16-,17+,18-,19+,20?,21?,22+,44?,45?;7?,8?,10-,11+,12-,13+,14?,15?,16+,35?,36?;2?,3-,4-,5?,6?;;/m000../s1. The Labute approximate surface area is 604 Å². The van der Waals surface area contributed by atoms with Crippen LogP contribution in [0.1, 0.15) is 25.3 Å². The summed E-state index contributed by atoms with van der Waals surface area (Å²) in [6.07, 6.45) is -33.1. The average Bonchev–Trinajstić information content (AvgIpc) is 0.901. The van der Waals surface area contributed by atoms with Gasteiger partial charge in [0.1, 0.15) is 110 Å². The van der Waals surface area contributed by atoms with Crippen LogP contribution in [0.25, 0.3) is 0 Å². The van der Waals surface area contributed by atoms with Gasteiger partial charge in [-0.1, -0.05) is 0 Å². The van der Waals surface area contributed by atoms with Gasteiger partial charge in [0.15, 0.2) is 31.3 Å². The molecule has 48 nitrogen and oxygen atoms in total. The zero-order chi connectivity index (χ0) is 80.4. The fraction of sp³-hybridized carbons (Fsp3) is 0.808. The molecule has 0 aliphatic carbocycles. The van der Waals surface area contributed by atoms with Crippen LogP contribution in [0.2, 0.25) is 0 Å². The van der Waals surface area contributed by atoms with Crippen LogP contribution in [0.15, 0.2) is 43.7 Å². The van der Waals surface area contributed by atoms with Crippen LogP contribution in [-0.2, 0) is 102 Å². The number of nitrogens with zero attached hydrogens (tertiary/aromatic N) is 2. The summed E-state index contributed by atoms with van der Waals surface area (Å²) in [5.41, 5.74) is 7.39. The fourth-order valence-corrected chi connectivity index (χ4v) is 16.4. The molecular weight excluding hydrogens is 1540 g/mol. The molecular formula is C52H95BN7O41P5. The van der Waals surface area contributed by atoms with Crippen LogP contribution < -0.4 is 39.3 Å². The predicted octanol–water partition coefficient (Wildman–Crippen LogP) is -9.86. The number of carboxylic acid groups (broad SMARTS) is 1. The number of carboxylic acids is 1. The van der Waals surface area contributed by atoms with E-state index in [9.17, 15) is 103 Å². The molecule has 612 valence electrons. The number of aromatic amines is 2. The summed E-state index contributed by atoms with van der Waals surface area (Å²) >= 11 is 0. The first kappa shape index (κ1) is 96.5. The number of carbonyl (C=O) groups excluding carboxylic acids is 1. The van der Waals surface area contributed by atoms with Gasteiger partial charge >= 0.3 is 68.4 Å². The molecule has 28 atom stereocenters. The minimum atomic E-state index is -4.43. The molecule has 2 aromatic heterocycles. The number of aliphatic hydroxyl groups excluding tert-OH is 14. The number of nitrogens with two attached hydrogens (primary N) is 2. The number of ether oxygens (including phenoxy) is 9. The molecule has 0 saturated carbocycles. The van der Waals surface area contributed by atoms with E-state index in [0.717, 1.165) is 60.3 Å². The topological polar surface area (TPSA) is 735 Å². The first-order chi connectivity index (χ1) is 49.5. The number of nitrogens with one attached hydrogen (secondary N) is 3. The molecule has 0 bridgehead atoms. The van der Waals surface area contributed by atoms with Crippen molar-refractivity contribution in [3.8, 4) is 0 Å². The molecule has 7 heterocycles. The van der Waals surface area contributed by atoms with Gasteiger partial charge in [0.2, 0.25) is 5.91 Å². The molecule has 0 aromatic carbocycles. The molecule has 54 heteroatoms. The second-order valence-corrected chi connectivity index (χ2v) is 31.9. The SMILES string of the molecule is COCCOCCC(=O)NCC1O[C@H](OP(C)(=O)OP(C)(=O)OCC2OC(n3ccc(=O)[nH]c3=O)[C@H](O)[C@@H]2O)C(O)[C@@H](O)[C@H]1O.COCCOCCC(=O)O.CP(=O)(OCC1OC(n2ccc(=O)[nH]c2=O)[C@H](O)[C@@H]1O)OP(C)(=O)O[C@H]1OC(CN)[C@H](O)[C@H](O)C1O.NCC1OC(O)C(O)[C@@H](O)[C@H]1O.O=BP. The van der Waals surface area contributed by atoms with Gasteiger partial charge in [-0.25, -0.2) is 18.2 Å².